The maximum Gasteiger partial charge on any atom is 0.273 e. The molecule has 0 aliphatic rings. The Kier molecular flexibility index (Phi) is 3.66. The Morgan fingerprint density at radius 1 is 1.37 bits per heavy atom. The standard InChI is InChI=1S/C13H12ClN3O2/c1-16(2)13(19)12-5-6-17(15-12)10-4-3-9(8-18)11(14)7-10/h3-8H,1-2H3. The number of aldehydes is 1. The van der Waals surface area contributed by atoms with Crippen molar-refractivity contribution in [3.63, 3.8) is 0 Å². The molecule has 2 aromatic rings. The number of carbonyl (C=O) groups excluding carboxylic acids is 2. The van der Waals surface area contributed by atoms with Crippen molar-refractivity contribution in [2.45, 2.75) is 0 Å². The number of carbonyl (C=O) groups is 2. The number of nitrogens with zero attached hydrogens (tertiary/aromatic N) is 3. The molecular weight excluding hydrogens is 266 g/mol. The van der Waals surface area contributed by atoms with E-state index >= 15 is 0 Å². The van der Waals surface area contributed by atoms with Crippen LogP contribution in [0, 0.1) is 0 Å². The lowest BCUT2D eigenvalue weighted by molar-refractivity contribution is 0.0821. The molecule has 0 saturated carbocycles. The van der Waals surface area contributed by atoms with Gasteiger partial charge in [0.25, 0.3) is 5.91 Å². The number of amides is 1. The molecule has 1 heterocycles. The summed E-state index contributed by atoms with van der Waals surface area (Å²) in [6.45, 7) is 0. The second-order valence-electron chi connectivity index (χ2n) is 4.17. The third-order valence-electron chi connectivity index (χ3n) is 2.59. The molecule has 1 aromatic heterocycles. The van der Waals surface area contributed by atoms with E-state index in [1.807, 2.05) is 0 Å². The van der Waals surface area contributed by atoms with Gasteiger partial charge in [0.15, 0.2) is 12.0 Å². The number of rotatable bonds is 3. The third kappa shape index (κ3) is 2.66. The Bertz CT molecular complexity index is 635. The topological polar surface area (TPSA) is 55.2 Å². The highest BCUT2D eigenvalue weighted by molar-refractivity contribution is 6.33. The van der Waals surface area contributed by atoms with Gasteiger partial charge in [0.05, 0.1) is 10.7 Å². The molecule has 0 spiro atoms. The number of hydrogen-bond donors (Lipinski definition) is 0. The highest BCUT2D eigenvalue weighted by Gasteiger charge is 2.12. The molecule has 0 unspecified atom stereocenters. The van der Waals surface area contributed by atoms with Crippen molar-refractivity contribution in [2.75, 3.05) is 14.1 Å². The molecule has 98 valence electrons. The van der Waals surface area contributed by atoms with E-state index in [1.54, 1.807) is 44.6 Å². The molecule has 2 rings (SSSR count). The zero-order valence-corrected chi connectivity index (χ0v) is 11.3. The molecular formula is C13H12ClN3O2. The molecule has 1 aromatic carbocycles. The first-order chi connectivity index (χ1) is 9.02. The highest BCUT2D eigenvalue weighted by Crippen LogP contribution is 2.18. The molecule has 6 heteroatoms. The summed E-state index contributed by atoms with van der Waals surface area (Å²) in [7, 11) is 3.33. The van der Waals surface area contributed by atoms with Crippen LogP contribution in [-0.2, 0) is 0 Å². The summed E-state index contributed by atoms with van der Waals surface area (Å²) in [5, 5.41) is 4.53. The minimum absolute atomic E-state index is 0.172. The van der Waals surface area contributed by atoms with Gasteiger partial charge >= 0.3 is 0 Å². The lowest BCUT2D eigenvalue weighted by atomic mass is 10.2. The van der Waals surface area contributed by atoms with Crippen molar-refractivity contribution in [3.8, 4) is 5.69 Å². The molecule has 0 N–H and O–H groups in total. The lowest BCUT2D eigenvalue weighted by Crippen LogP contribution is -2.22. The van der Waals surface area contributed by atoms with Gasteiger partial charge in [-0.3, -0.25) is 9.59 Å². The molecule has 0 fully saturated rings. The molecule has 0 aliphatic carbocycles. The number of halogens is 1. The predicted molar refractivity (Wildman–Crippen MR) is 72.0 cm³/mol. The summed E-state index contributed by atoms with van der Waals surface area (Å²) in [6, 6.07) is 6.58. The van der Waals surface area contributed by atoms with Crippen LogP contribution in [0.3, 0.4) is 0 Å². The first-order valence-electron chi connectivity index (χ1n) is 5.55. The Hall–Kier alpha value is -2.14. The Morgan fingerprint density at radius 3 is 2.68 bits per heavy atom. The van der Waals surface area contributed by atoms with Crippen LogP contribution < -0.4 is 0 Å². The Morgan fingerprint density at radius 2 is 2.11 bits per heavy atom. The van der Waals surface area contributed by atoms with Gasteiger partial charge in [-0.15, -0.1) is 0 Å². The second-order valence-corrected chi connectivity index (χ2v) is 4.58. The van der Waals surface area contributed by atoms with E-state index in [9.17, 15) is 9.59 Å². The first kappa shape index (κ1) is 13.3. The van der Waals surface area contributed by atoms with E-state index in [0.29, 0.717) is 28.3 Å². The summed E-state index contributed by atoms with van der Waals surface area (Å²) in [5.74, 6) is -0.172. The molecule has 0 atom stereocenters. The smallest absolute Gasteiger partial charge is 0.273 e. The van der Waals surface area contributed by atoms with Gasteiger partial charge in [0.1, 0.15) is 0 Å². The van der Waals surface area contributed by atoms with Crippen LogP contribution in [0.15, 0.2) is 30.5 Å². The van der Waals surface area contributed by atoms with Gasteiger partial charge in [-0.2, -0.15) is 5.10 Å². The minimum atomic E-state index is -0.172. The molecule has 1 amide bonds. The quantitative estimate of drug-likeness (QED) is 0.807. The Balaban J connectivity index is 2.35. The van der Waals surface area contributed by atoms with E-state index in [2.05, 4.69) is 5.10 Å². The Labute approximate surface area is 115 Å². The third-order valence-corrected chi connectivity index (χ3v) is 2.92. The molecule has 5 nitrogen and oxygen atoms in total. The average molecular weight is 278 g/mol. The number of hydrogen-bond acceptors (Lipinski definition) is 3. The normalized spacial score (nSPS) is 10.3. The predicted octanol–water partition coefficient (Wildman–Crippen LogP) is 2.04. The van der Waals surface area contributed by atoms with Gasteiger partial charge in [0, 0.05) is 25.9 Å². The first-order valence-corrected chi connectivity index (χ1v) is 5.93. The second kappa shape index (κ2) is 5.24. The van der Waals surface area contributed by atoms with E-state index < -0.39 is 0 Å². The maximum absolute atomic E-state index is 11.7. The van der Waals surface area contributed by atoms with Gasteiger partial charge in [-0.1, -0.05) is 11.6 Å². The zero-order valence-electron chi connectivity index (χ0n) is 10.5. The van der Waals surface area contributed by atoms with Crippen LogP contribution in [0.25, 0.3) is 5.69 Å². The van der Waals surface area contributed by atoms with Crippen molar-refractivity contribution in [1.82, 2.24) is 14.7 Å². The van der Waals surface area contributed by atoms with E-state index in [-0.39, 0.29) is 5.91 Å². The summed E-state index contributed by atoms with van der Waals surface area (Å²) in [5.41, 5.74) is 1.45. The van der Waals surface area contributed by atoms with E-state index in [1.165, 1.54) is 9.58 Å². The van der Waals surface area contributed by atoms with Crippen LogP contribution >= 0.6 is 11.6 Å². The summed E-state index contributed by atoms with van der Waals surface area (Å²) >= 11 is 5.95. The molecule has 19 heavy (non-hydrogen) atoms. The largest absolute Gasteiger partial charge is 0.343 e. The van der Waals surface area contributed by atoms with Crippen LogP contribution in [0.1, 0.15) is 20.8 Å². The van der Waals surface area contributed by atoms with Crippen molar-refractivity contribution < 1.29 is 9.59 Å². The summed E-state index contributed by atoms with van der Waals surface area (Å²) < 4.78 is 1.54. The van der Waals surface area contributed by atoms with Gasteiger partial charge in [-0.25, -0.2) is 4.68 Å². The van der Waals surface area contributed by atoms with Crippen LogP contribution in [0.4, 0.5) is 0 Å². The number of aromatic nitrogens is 2. The van der Waals surface area contributed by atoms with E-state index in [4.69, 9.17) is 11.6 Å². The van der Waals surface area contributed by atoms with Gasteiger partial charge < -0.3 is 4.90 Å². The van der Waals surface area contributed by atoms with Gasteiger partial charge in [-0.05, 0) is 24.3 Å². The van der Waals surface area contributed by atoms with Crippen molar-refractivity contribution >= 4 is 23.8 Å². The SMILES string of the molecule is CN(C)C(=O)c1ccn(-c2ccc(C=O)c(Cl)c2)n1. The zero-order chi connectivity index (χ0) is 14.0. The van der Waals surface area contributed by atoms with Crippen LogP contribution in [-0.4, -0.2) is 41.0 Å². The fourth-order valence-electron chi connectivity index (χ4n) is 1.57. The monoisotopic (exact) mass is 277 g/mol. The average Bonchev–Trinajstić information content (AvgIpc) is 2.87. The molecule has 0 radical (unpaired) electrons. The minimum Gasteiger partial charge on any atom is -0.343 e. The van der Waals surface area contributed by atoms with Crippen LogP contribution in [0.2, 0.25) is 5.02 Å². The summed E-state index contributed by atoms with van der Waals surface area (Å²) in [4.78, 5) is 23.9. The van der Waals surface area contributed by atoms with Crippen LogP contribution in [0.5, 0.6) is 0 Å². The number of benzene rings is 1. The van der Waals surface area contributed by atoms with Gasteiger partial charge in [0.2, 0.25) is 0 Å². The molecule has 0 aliphatic heterocycles. The highest BCUT2D eigenvalue weighted by atomic mass is 35.5. The lowest BCUT2D eigenvalue weighted by Gasteiger charge is -2.07. The molecule has 0 bridgehead atoms. The molecule has 0 saturated heterocycles. The van der Waals surface area contributed by atoms with E-state index in [0.717, 1.165) is 0 Å². The van der Waals surface area contributed by atoms with Crippen molar-refractivity contribution in [2.24, 2.45) is 0 Å². The fraction of sp³-hybridized carbons (Fsp3) is 0.154. The maximum atomic E-state index is 11.7. The van der Waals surface area contributed by atoms with Crippen molar-refractivity contribution in [3.05, 3.63) is 46.7 Å². The van der Waals surface area contributed by atoms with Crippen molar-refractivity contribution in [1.29, 1.82) is 0 Å². The fourth-order valence-corrected chi connectivity index (χ4v) is 1.78. The summed E-state index contributed by atoms with van der Waals surface area (Å²) in [6.07, 6.45) is 2.36.